The molecular weight excluding hydrogens is 350 g/mol. The topological polar surface area (TPSA) is 120 Å². The maximum atomic E-state index is 11.9. The number of rotatable bonds is 5. The Labute approximate surface area is 159 Å². The van der Waals surface area contributed by atoms with Gasteiger partial charge >= 0.3 is 12.2 Å². The monoisotopic (exact) mass is 379 g/mol. The van der Waals surface area contributed by atoms with Crippen molar-refractivity contribution in [3.8, 4) is 0 Å². The molecule has 150 valence electrons. The minimum absolute atomic E-state index is 0.151. The average Bonchev–Trinajstić information content (AvgIpc) is 2.42. The van der Waals surface area contributed by atoms with E-state index in [-0.39, 0.29) is 6.42 Å². The van der Waals surface area contributed by atoms with Crippen LogP contribution in [0.4, 0.5) is 15.3 Å². The first-order chi connectivity index (χ1) is 12.2. The van der Waals surface area contributed by atoms with Crippen LogP contribution in [0.15, 0.2) is 24.3 Å². The van der Waals surface area contributed by atoms with E-state index in [4.69, 9.17) is 15.2 Å². The Morgan fingerprint density at radius 2 is 1.56 bits per heavy atom. The maximum Gasteiger partial charge on any atom is 0.412 e. The zero-order valence-electron chi connectivity index (χ0n) is 16.7. The minimum atomic E-state index is -0.948. The Hall–Kier alpha value is -2.77. The third-order valence-electron chi connectivity index (χ3n) is 3.05. The predicted molar refractivity (Wildman–Crippen MR) is 102 cm³/mol. The van der Waals surface area contributed by atoms with Crippen LogP contribution in [0, 0.1) is 0 Å². The number of benzene rings is 1. The molecule has 0 saturated heterocycles. The van der Waals surface area contributed by atoms with Crippen LogP contribution in [0.2, 0.25) is 0 Å². The van der Waals surface area contributed by atoms with Crippen molar-refractivity contribution in [1.82, 2.24) is 5.32 Å². The van der Waals surface area contributed by atoms with Crippen molar-refractivity contribution in [1.29, 1.82) is 0 Å². The van der Waals surface area contributed by atoms with E-state index in [9.17, 15) is 14.4 Å². The van der Waals surface area contributed by atoms with Gasteiger partial charge in [-0.2, -0.15) is 0 Å². The van der Waals surface area contributed by atoms with E-state index in [1.165, 1.54) is 0 Å². The van der Waals surface area contributed by atoms with Gasteiger partial charge < -0.3 is 20.5 Å². The molecule has 0 aliphatic carbocycles. The van der Waals surface area contributed by atoms with Crippen LogP contribution in [-0.2, 0) is 20.7 Å². The van der Waals surface area contributed by atoms with Gasteiger partial charge in [0.15, 0.2) is 0 Å². The van der Waals surface area contributed by atoms with E-state index in [0.29, 0.717) is 11.3 Å². The number of nitrogens with one attached hydrogen (secondary N) is 2. The standard InChI is InChI=1S/C19H29N3O5/c1-18(2,3)26-16(24)21-13-9-7-8-12(10-13)11-14(15(20)23)22-17(25)27-19(4,5)6/h7-10,14H,11H2,1-6H3,(H2,20,23)(H,21,24)(H,22,25)/t14-/m0/s1. The fourth-order valence-electron chi connectivity index (χ4n) is 2.11. The van der Waals surface area contributed by atoms with Crippen molar-refractivity contribution < 1.29 is 23.9 Å². The summed E-state index contributed by atoms with van der Waals surface area (Å²) in [6, 6.07) is 5.89. The molecule has 0 fully saturated rings. The molecule has 0 heterocycles. The van der Waals surface area contributed by atoms with E-state index in [0.717, 1.165) is 0 Å². The molecule has 1 aromatic carbocycles. The molecule has 1 rings (SSSR count). The summed E-state index contributed by atoms with van der Waals surface area (Å²) in [4.78, 5) is 35.4. The number of hydrogen-bond donors (Lipinski definition) is 3. The predicted octanol–water partition coefficient (Wildman–Crippen LogP) is 2.95. The molecule has 0 radical (unpaired) electrons. The second kappa shape index (κ2) is 8.75. The summed E-state index contributed by atoms with van der Waals surface area (Å²) in [5, 5.41) is 5.09. The van der Waals surface area contributed by atoms with Crippen LogP contribution in [0.3, 0.4) is 0 Å². The number of alkyl carbamates (subject to hydrolysis) is 1. The first-order valence-electron chi connectivity index (χ1n) is 8.63. The quantitative estimate of drug-likeness (QED) is 0.726. The average molecular weight is 379 g/mol. The molecule has 0 spiro atoms. The summed E-state index contributed by atoms with van der Waals surface area (Å²) in [5.41, 5.74) is 5.28. The van der Waals surface area contributed by atoms with Crippen LogP contribution in [0.1, 0.15) is 47.1 Å². The normalized spacial score (nSPS) is 12.7. The van der Waals surface area contributed by atoms with Gasteiger partial charge in [0.2, 0.25) is 5.91 Å². The first kappa shape index (κ1) is 22.3. The molecule has 3 amide bonds. The molecule has 8 heteroatoms. The van der Waals surface area contributed by atoms with Crippen LogP contribution in [-0.4, -0.2) is 35.3 Å². The fourth-order valence-corrected chi connectivity index (χ4v) is 2.11. The summed E-state index contributed by atoms with van der Waals surface area (Å²) in [6.07, 6.45) is -1.16. The van der Waals surface area contributed by atoms with Crippen molar-refractivity contribution >= 4 is 23.8 Å². The highest BCUT2D eigenvalue weighted by Crippen LogP contribution is 2.15. The smallest absolute Gasteiger partial charge is 0.412 e. The van der Waals surface area contributed by atoms with Crippen LogP contribution in [0.5, 0.6) is 0 Å². The van der Waals surface area contributed by atoms with Gasteiger partial charge in [-0.25, -0.2) is 9.59 Å². The highest BCUT2D eigenvalue weighted by Gasteiger charge is 2.23. The lowest BCUT2D eigenvalue weighted by atomic mass is 10.0. The van der Waals surface area contributed by atoms with Gasteiger partial charge in [0.25, 0.3) is 0 Å². The molecule has 27 heavy (non-hydrogen) atoms. The van der Waals surface area contributed by atoms with Crippen LogP contribution >= 0.6 is 0 Å². The van der Waals surface area contributed by atoms with Gasteiger partial charge in [-0.3, -0.25) is 10.1 Å². The Morgan fingerprint density at radius 3 is 2.07 bits per heavy atom. The molecule has 0 aliphatic heterocycles. The van der Waals surface area contributed by atoms with Crippen molar-refractivity contribution in [2.24, 2.45) is 5.73 Å². The first-order valence-corrected chi connectivity index (χ1v) is 8.63. The number of primary amides is 1. The third-order valence-corrected chi connectivity index (χ3v) is 3.05. The largest absolute Gasteiger partial charge is 0.444 e. The van der Waals surface area contributed by atoms with Crippen molar-refractivity contribution in [2.45, 2.75) is 65.2 Å². The lowest BCUT2D eigenvalue weighted by molar-refractivity contribution is -0.120. The summed E-state index contributed by atoms with van der Waals surface area (Å²) in [7, 11) is 0. The maximum absolute atomic E-state index is 11.9. The third kappa shape index (κ3) is 9.48. The van der Waals surface area contributed by atoms with Gasteiger partial charge in [0.1, 0.15) is 17.2 Å². The number of ether oxygens (including phenoxy) is 2. The molecule has 0 unspecified atom stereocenters. The molecule has 0 aliphatic rings. The second-order valence-corrected chi connectivity index (χ2v) is 8.13. The number of carbonyl (C=O) groups is 3. The van der Waals surface area contributed by atoms with Gasteiger partial charge in [0.05, 0.1) is 0 Å². The molecule has 1 aromatic rings. The summed E-state index contributed by atoms with van der Waals surface area (Å²) in [6.45, 7) is 10.5. The van der Waals surface area contributed by atoms with Crippen molar-refractivity contribution in [3.63, 3.8) is 0 Å². The van der Waals surface area contributed by atoms with Gasteiger partial charge in [-0.05, 0) is 59.2 Å². The SMILES string of the molecule is CC(C)(C)OC(=O)Nc1cccc(C[C@H](NC(=O)OC(C)(C)C)C(N)=O)c1. The molecule has 0 bridgehead atoms. The zero-order chi connectivity index (χ0) is 20.8. The molecular formula is C19H29N3O5. The summed E-state index contributed by atoms with van der Waals surface area (Å²) >= 11 is 0. The number of nitrogens with two attached hydrogens (primary N) is 1. The summed E-state index contributed by atoms with van der Waals surface area (Å²) < 4.78 is 10.3. The molecule has 0 saturated carbocycles. The second-order valence-electron chi connectivity index (χ2n) is 8.13. The Balaban J connectivity index is 2.79. The number of anilines is 1. The lowest BCUT2D eigenvalue weighted by Gasteiger charge is -2.22. The van der Waals surface area contributed by atoms with Gasteiger partial charge in [-0.1, -0.05) is 12.1 Å². The molecule has 4 N–H and O–H groups in total. The van der Waals surface area contributed by atoms with Crippen molar-refractivity contribution in [3.05, 3.63) is 29.8 Å². The molecule has 8 nitrogen and oxygen atoms in total. The number of carbonyl (C=O) groups excluding carboxylic acids is 3. The van der Waals surface area contributed by atoms with E-state index in [1.807, 2.05) is 0 Å². The van der Waals surface area contributed by atoms with E-state index >= 15 is 0 Å². The van der Waals surface area contributed by atoms with E-state index < -0.39 is 35.3 Å². The van der Waals surface area contributed by atoms with Crippen LogP contribution in [0.25, 0.3) is 0 Å². The van der Waals surface area contributed by atoms with Crippen molar-refractivity contribution in [2.75, 3.05) is 5.32 Å². The van der Waals surface area contributed by atoms with E-state index in [1.54, 1.807) is 65.8 Å². The van der Waals surface area contributed by atoms with Crippen LogP contribution < -0.4 is 16.4 Å². The summed E-state index contributed by atoms with van der Waals surface area (Å²) in [5.74, 6) is -0.689. The molecule has 0 aromatic heterocycles. The Kier molecular flexibility index (Phi) is 7.21. The number of amides is 3. The molecule has 1 atom stereocenters. The highest BCUT2D eigenvalue weighted by molar-refractivity contribution is 5.86. The van der Waals surface area contributed by atoms with Gasteiger partial charge in [-0.15, -0.1) is 0 Å². The van der Waals surface area contributed by atoms with Gasteiger partial charge in [0, 0.05) is 12.1 Å². The Morgan fingerprint density at radius 1 is 1.00 bits per heavy atom. The number of hydrogen-bond acceptors (Lipinski definition) is 5. The zero-order valence-corrected chi connectivity index (χ0v) is 16.7. The highest BCUT2D eigenvalue weighted by atomic mass is 16.6. The minimum Gasteiger partial charge on any atom is -0.444 e. The fraction of sp³-hybridized carbons (Fsp3) is 0.526. The Bertz CT molecular complexity index is 689. The lowest BCUT2D eigenvalue weighted by Crippen LogP contribution is -2.47. The van der Waals surface area contributed by atoms with E-state index in [2.05, 4.69) is 10.6 Å².